The Hall–Kier alpha value is -2.64. The summed E-state index contributed by atoms with van der Waals surface area (Å²) in [6.45, 7) is 3.18. The van der Waals surface area contributed by atoms with Crippen LogP contribution >= 0.6 is 0 Å². The van der Waals surface area contributed by atoms with Crippen LogP contribution in [0.2, 0.25) is 0 Å². The van der Waals surface area contributed by atoms with Crippen LogP contribution in [0.1, 0.15) is 42.6 Å². The number of aromatic hydroxyl groups is 1. The molecule has 1 aromatic rings. The van der Waals surface area contributed by atoms with E-state index in [0.717, 1.165) is 0 Å². The van der Waals surface area contributed by atoms with Gasteiger partial charge in [0.25, 0.3) is 0 Å². The number of aliphatic hydroxyl groups is 2. The molecule has 1 heterocycles. The lowest BCUT2D eigenvalue weighted by Gasteiger charge is -2.18. The van der Waals surface area contributed by atoms with E-state index in [9.17, 15) is 24.9 Å². The van der Waals surface area contributed by atoms with Gasteiger partial charge in [0.15, 0.2) is 5.78 Å². The van der Waals surface area contributed by atoms with Crippen LogP contribution in [0, 0.1) is 0 Å². The van der Waals surface area contributed by atoms with Gasteiger partial charge in [-0.1, -0.05) is 18.2 Å². The highest BCUT2D eigenvalue weighted by Gasteiger charge is 2.25. The van der Waals surface area contributed by atoms with Crippen molar-refractivity contribution < 1.29 is 34.4 Å². The number of fused-ring (bicyclic) bond motifs is 1. The van der Waals surface area contributed by atoms with Gasteiger partial charge >= 0.3 is 5.97 Å². The normalized spacial score (nSPS) is 24.5. The van der Waals surface area contributed by atoms with Gasteiger partial charge in [-0.2, -0.15) is 0 Å². The first-order valence-electron chi connectivity index (χ1n) is 8.60. The number of benzene rings is 1. The molecule has 3 atom stereocenters. The van der Waals surface area contributed by atoms with Crippen molar-refractivity contribution in [3.63, 3.8) is 0 Å². The maximum absolute atomic E-state index is 12.5. The van der Waals surface area contributed by atoms with E-state index in [1.165, 1.54) is 32.3 Å². The Bertz CT molecular complexity index is 779. The van der Waals surface area contributed by atoms with Crippen molar-refractivity contribution in [2.24, 2.45) is 0 Å². The molecule has 1 aromatic carbocycles. The molecule has 3 unspecified atom stereocenters. The average molecular weight is 376 g/mol. The van der Waals surface area contributed by atoms with E-state index in [1.54, 1.807) is 19.1 Å². The highest BCUT2D eigenvalue weighted by Crippen LogP contribution is 2.30. The van der Waals surface area contributed by atoms with Crippen LogP contribution < -0.4 is 4.74 Å². The molecule has 2 rings (SSSR count). The number of phenols is 1. The van der Waals surface area contributed by atoms with Gasteiger partial charge in [0.1, 0.15) is 29.3 Å². The number of methoxy groups -OCH3 is 1. The molecule has 0 saturated carbocycles. The zero-order valence-corrected chi connectivity index (χ0v) is 15.5. The minimum atomic E-state index is -1.55. The molecule has 0 radical (unpaired) electrons. The van der Waals surface area contributed by atoms with Gasteiger partial charge in [-0.25, -0.2) is 4.79 Å². The van der Waals surface area contributed by atoms with E-state index >= 15 is 0 Å². The summed E-state index contributed by atoms with van der Waals surface area (Å²) in [5.74, 6) is -1.24. The number of phenolic OH excluding ortho intramolecular Hbond substituents is 1. The molecule has 7 heteroatoms. The number of hydrogen-bond donors (Lipinski definition) is 3. The molecule has 3 N–H and O–H groups in total. The molecule has 0 amide bonds. The zero-order valence-electron chi connectivity index (χ0n) is 15.5. The number of rotatable bonds is 1. The van der Waals surface area contributed by atoms with Gasteiger partial charge in [0.2, 0.25) is 0 Å². The molecule has 0 saturated heterocycles. The number of carbonyl (C=O) groups is 2. The van der Waals surface area contributed by atoms with Crippen LogP contribution in [-0.4, -0.2) is 52.5 Å². The van der Waals surface area contributed by atoms with Gasteiger partial charge in [-0.15, -0.1) is 0 Å². The second-order valence-corrected chi connectivity index (χ2v) is 6.46. The van der Waals surface area contributed by atoms with Crippen LogP contribution in [0.4, 0.5) is 0 Å². The Balaban J connectivity index is 2.48. The first kappa shape index (κ1) is 20.7. The first-order valence-corrected chi connectivity index (χ1v) is 8.60. The van der Waals surface area contributed by atoms with Gasteiger partial charge < -0.3 is 24.8 Å². The molecule has 7 nitrogen and oxygen atoms in total. The quantitative estimate of drug-likeness (QED) is 0.642. The molecular formula is C20H24O7. The number of Topliss-reactive ketones (excluding diaryl/α,β-unsaturated/α-hetero) is 1. The Labute approximate surface area is 157 Å². The minimum Gasteiger partial charge on any atom is -0.507 e. The van der Waals surface area contributed by atoms with Crippen molar-refractivity contribution >= 4 is 17.8 Å². The summed E-state index contributed by atoms with van der Waals surface area (Å²) < 4.78 is 10.5. The molecule has 0 bridgehead atoms. The van der Waals surface area contributed by atoms with E-state index < -0.39 is 30.1 Å². The number of carbonyl (C=O) groups excluding carboxylic acids is 2. The Morgan fingerprint density at radius 3 is 2.56 bits per heavy atom. The zero-order chi connectivity index (χ0) is 20.1. The van der Waals surface area contributed by atoms with Gasteiger partial charge in [-0.05, 0) is 37.5 Å². The molecule has 1 aliphatic heterocycles. The summed E-state index contributed by atoms with van der Waals surface area (Å²) in [6, 6.07) is 2.85. The monoisotopic (exact) mass is 376 g/mol. The Morgan fingerprint density at radius 2 is 1.89 bits per heavy atom. The highest BCUT2D eigenvalue weighted by molar-refractivity contribution is 5.99. The molecular weight excluding hydrogens is 352 g/mol. The van der Waals surface area contributed by atoms with Gasteiger partial charge in [0, 0.05) is 12.5 Å². The highest BCUT2D eigenvalue weighted by atomic mass is 16.5. The van der Waals surface area contributed by atoms with E-state index in [-0.39, 0.29) is 29.7 Å². The summed E-state index contributed by atoms with van der Waals surface area (Å²) in [6.07, 6.45) is 1.35. The minimum absolute atomic E-state index is 0.0248. The fraction of sp³-hybridized carbons (Fsp3) is 0.400. The SMILES string of the molecule is COc1cc(O)c2c(c1)C=CCC(O)C(O)C(=O)C(C)=CCC(C)OC2=O. The summed E-state index contributed by atoms with van der Waals surface area (Å²) in [5.41, 5.74) is 0.585. The topological polar surface area (TPSA) is 113 Å². The second kappa shape index (κ2) is 8.83. The number of aliphatic hydroxyl groups excluding tert-OH is 2. The Kier molecular flexibility index (Phi) is 6.76. The van der Waals surface area contributed by atoms with Crippen LogP contribution in [-0.2, 0) is 9.53 Å². The van der Waals surface area contributed by atoms with Crippen molar-refractivity contribution in [2.75, 3.05) is 7.11 Å². The van der Waals surface area contributed by atoms with Crippen LogP contribution in [0.5, 0.6) is 11.5 Å². The van der Waals surface area contributed by atoms with Crippen LogP contribution in [0.25, 0.3) is 6.08 Å². The third-order valence-corrected chi connectivity index (χ3v) is 4.32. The van der Waals surface area contributed by atoms with Gasteiger partial charge in [0.05, 0.1) is 13.2 Å². The standard InChI is InChI=1S/C20H24O7/c1-11-7-8-12(2)27-20(25)17-13(9-14(26-3)10-16(17)22)5-4-6-15(21)19(24)18(11)23/h4-5,7,9-10,12,15,19,21-22,24H,6,8H2,1-3H3. The lowest BCUT2D eigenvalue weighted by Crippen LogP contribution is -2.34. The Morgan fingerprint density at radius 1 is 1.19 bits per heavy atom. The lowest BCUT2D eigenvalue weighted by molar-refractivity contribution is -0.128. The molecule has 0 aromatic heterocycles. The number of ketones is 1. The number of esters is 1. The van der Waals surface area contributed by atoms with Crippen molar-refractivity contribution in [2.45, 2.75) is 45.0 Å². The van der Waals surface area contributed by atoms with E-state index in [1.807, 2.05) is 0 Å². The van der Waals surface area contributed by atoms with E-state index in [0.29, 0.717) is 11.3 Å². The van der Waals surface area contributed by atoms with Crippen molar-refractivity contribution in [3.8, 4) is 11.5 Å². The van der Waals surface area contributed by atoms with Crippen LogP contribution in [0.3, 0.4) is 0 Å². The first-order chi connectivity index (χ1) is 12.7. The lowest BCUT2D eigenvalue weighted by atomic mass is 9.98. The van der Waals surface area contributed by atoms with Crippen molar-refractivity contribution in [1.82, 2.24) is 0 Å². The average Bonchev–Trinajstić information content (AvgIpc) is 2.63. The number of cyclic esters (lactones) is 1. The second-order valence-electron chi connectivity index (χ2n) is 6.46. The molecule has 0 aliphatic carbocycles. The smallest absolute Gasteiger partial charge is 0.342 e. The predicted octanol–water partition coefficient (Wildman–Crippen LogP) is 1.99. The van der Waals surface area contributed by atoms with E-state index in [4.69, 9.17) is 9.47 Å². The van der Waals surface area contributed by atoms with Gasteiger partial charge in [-0.3, -0.25) is 4.79 Å². The molecule has 27 heavy (non-hydrogen) atoms. The summed E-state index contributed by atoms with van der Waals surface area (Å²) in [7, 11) is 1.43. The summed E-state index contributed by atoms with van der Waals surface area (Å²) in [4.78, 5) is 24.7. The molecule has 146 valence electrons. The summed E-state index contributed by atoms with van der Waals surface area (Å²) in [5, 5.41) is 30.3. The number of ether oxygens (including phenoxy) is 2. The largest absolute Gasteiger partial charge is 0.507 e. The van der Waals surface area contributed by atoms with E-state index in [2.05, 4.69) is 0 Å². The maximum atomic E-state index is 12.5. The third-order valence-electron chi connectivity index (χ3n) is 4.32. The van der Waals surface area contributed by atoms with Crippen molar-refractivity contribution in [1.29, 1.82) is 0 Å². The third kappa shape index (κ3) is 4.96. The summed E-state index contributed by atoms with van der Waals surface area (Å²) >= 11 is 0. The molecule has 0 spiro atoms. The van der Waals surface area contributed by atoms with Crippen LogP contribution in [0.15, 0.2) is 29.9 Å². The fourth-order valence-corrected chi connectivity index (χ4v) is 2.70. The molecule has 1 aliphatic rings. The molecule has 0 fully saturated rings. The predicted molar refractivity (Wildman–Crippen MR) is 98.6 cm³/mol. The fourth-order valence-electron chi connectivity index (χ4n) is 2.70. The number of hydrogen-bond acceptors (Lipinski definition) is 7. The van der Waals surface area contributed by atoms with Crippen molar-refractivity contribution in [3.05, 3.63) is 41.0 Å². The maximum Gasteiger partial charge on any atom is 0.342 e.